The van der Waals surface area contributed by atoms with Crippen molar-refractivity contribution < 1.29 is 22.7 Å². The summed E-state index contributed by atoms with van der Waals surface area (Å²) in [4.78, 5) is 28.2. The molecule has 1 unspecified atom stereocenters. The second kappa shape index (κ2) is 8.60. The number of aromatic nitrogens is 5. The van der Waals surface area contributed by atoms with Gasteiger partial charge in [-0.1, -0.05) is 23.2 Å². The van der Waals surface area contributed by atoms with Gasteiger partial charge in [0.1, 0.15) is 5.82 Å². The molecule has 0 aliphatic carbocycles. The molecular weight excluding hydrogens is 472 g/mol. The Labute approximate surface area is 188 Å². The van der Waals surface area contributed by atoms with E-state index in [1.807, 2.05) is 4.40 Å². The summed E-state index contributed by atoms with van der Waals surface area (Å²) in [5, 5.41) is 1.55. The minimum atomic E-state index is -4.71. The lowest BCUT2D eigenvalue weighted by Crippen LogP contribution is -2.29. The fourth-order valence-electron chi connectivity index (χ4n) is 2.72. The first kappa shape index (κ1) is 21.8. The van der Waals surface area contributed by atoms with Crippen molar-refractivity contribution in [2.24, 2.45) is 0 Å². The molecule has 4 aromatic heterocycles. The van der Waals surface area contributed by atoms with Gasteiger partial charge >= 0.3 is 6.18 Å². The number of hydrogen-bond acceptors (Lipinski definition) is 6. The molecular formula is C19H11Cl2F3N6O2. The highest BCUT2D eigenvalue weighted by Crippen LogP contribution is 2.35. The number of imidazole rings is 1. The molecule has 1 amide bonds. The lowest BCUT2D eigenvalue weighted by atomic mass is 10.2. The van der Waals surface area contributed by atoms with Gasteiger partial charge in [-0.25, -0.2) is 15.0 Å². The molecule has 0 spiro atoms. The third kappa shape index (κ3) is 4.58. The van der Waals surface area contributed by atoms with Crippen LogP contribution in [0, 0.1) is 0 Å². The molecule has 164 valence electrons. The molecule has 1 atom stereocenters. The Morgan fingerprint density at radius 3 is 2.66 bits per heavy atom. The molecule has 4 rings (SSSR count). The van der Waals surface area contributed by atoms with E-state index in [-0.39, 0.29) is 11.7 Å². The van der Waals surface area contributed by atoms with Crippen molar-refractivity contribution in [2.45, 2.75) is 11.7 Å². The summed E-state index contributed by atoms with van der Waals surface area (Å²) in [5.41, 5.74) is -0.587. The smallest absolute Gasteiger partial charge is 0.418 e. The Hall–Kier alpha value is -3.44. The van der Waals surface area contributed by atoms with Crippen LogP contribution in [0.15, 0.2) is 55.4 Å². The summed E-state index contributed by atoms with van der Waals surface area (Å²) in [5.74, 6) is -1.29. The van der Waals surface area contributed by atoms with E-state index < -0.39 is 28.2 Å². The summed E-state index contributed by atoms with van der Waals surface area (Å²) >= 11 is 11.4. The number of alkyl halides is 4. The van der Waals surface area contributed by atoms with E-state index in [1.165, 1.54) is 12.3 Å². The van der Waals surface area contributed by atoms with Gasteiger partial charge in [-0.3, -0.25) is 14.2 Å². The van der Waals surface area contributed by atoms with Crippen LogP contribution in [-0.4, -0.2) is 35.8 Å². The number of nitrogens with zero attached hydrogens (tertiary/aromatic N) is 5. The zero-order chi connectivity index (χ0) is 22.9. The summed E-state index contributed by atoms with van der Waals surface area (Å²) in [6.07, 6.45) is 4.19. The number of ether oxygens (including phenoxy) is 1. The normalized spacial score (nSPS) is 12.5. The van der Waals surface area contributed by atoms with Crippen molar-refractivity contribution in [3.8, 4) is 17.1 Å². The van der Waals surface area contributed by atoms with Gasteiger partial charge in [-0.2, -0.15) is 13.2 Å². The Morgan fingerprint density at radius 1 is 1.12 bits per heavy atom. The predicted octanol–water partition coefficient (Wildman–Crippen LogP) is 4.44. The number of amides is 1. The van der Waals surface area contributed by atoms with Crippen molar-refractivity contribution in [2.75, 3.05) is 5.32 Å². The highest BCUT2D eigenvalue weighted by atomic mass is 35.5. The average molecular weight is 483 g/mol. The van der Waals surface area contributed by atoms with E-state index in [1.54, 1.807) is 30.9 Å². The average Bonchev–Trinajstić information content (AvgIpc) is 3.19. The Bertz CT molecular complexity index is 1280. The van der Waals surface area contributed by atoms with Crippen LogP contribution in [0.25, 0.3) is 16.9 Å². The molecule has 13 heteroatoms. The topological polar surface area (TPSA) is 94.3 Å². The van der Waals surface area contributed by atoms with Gasteiger partial charge in [0, 0.05) is 36.4 Å². The molecule has 4 heterocycles. The maximum atomic E-state index is 12.9. The zero-order valence-corrected chi connectivity index (χ0v) is 17.2. The first-order valence-corrected chi connectivity index (χ1v) is 9.61. The summed E-state index contributed by atoms with van der Waals surface area (Å²) in [6.45, 7) is 0. The second-order valence-corrected chi connectivity index (χ2v) is 7.11. The van der Waals surface area contributed by atoms with Crippen LogP contribution in [-0.2, 0) is 11.0 Å². The highest BCUT2D eigenvalue weighted by molar-refractivity contribution is 6.32. The van der Waals surface area contributed by atoms with Gasteiger partial charge in [0.2, 0.25) is 5.88 Å². The summed E-state index contributed by atoms with van der Waals surface area (Å²) in [6, 6.07) is 3.77. The van der Waals surface area contributed by atoms with Crippen molar-refractivity contribution in [1.29, 1.82) is 0 Å². The maximum absolute atomic E-state index is 12.9. The summed E-state index contributed by atoms with van der Waals surface area (Å²) < 4.78 is 45.9. The number of halogens is 5. The van der Waals surface area contributed by atoms with Crippen LogP contribution in [0.4, 0.5) is 19.0 Å². The number of nitrogens with one attached hydrogen (secondary N) is 1. The molecule has 0 aromatic carbocycles. The van der Waals surface area contributed by atoms with Crippen molar-refractivity contribution in [3.05, 3.63) is 66.0 Å². The van der Waals surface area contributed by atoms with Gasteiger partial charge in [0.15, 0.2) is 5.65 Å². The number of rotatable bonds is 5. The number of pyridine rings is 2. The van der Waals surface area contributed by atoms with E-state index in [0.29, 0.717) is 11.7 Å². The molecule has 8 nitrogen and oxygen atoms in total. The van der Waals surface area contributed by atoms with Crippen molar-refractivity contribution in [3.63, 3.8) is 0 Å². The van der Waals surface area contributed by atoms with Crippen LogP contribution in [0.5, 0.6) is 5.88 Å². The van der Waals surface area contributed by atoms with E-state index >= 15 is 0 Å². The molecule has 0 bridgehead atoms. The van der Waals surface area contributed by atoms with E-state index in [2.05, 4.69) is 25.3 Å². The number of anilines is 1. The second-order valence-electron chi connectivity index (χ2n) is 6.30. The SMILES string of the molecule is O=C(Nc1cc(C(F)(F)F)c(Cl)cn1)C(Cl)Oc1ccc(-c2cnc3cnccn23)cn1. The fraction of sp³-hybridized carbons (Fsp3) is 0.105. The van der Waals surface area contributed by atoms with Gasteiger partial charge in [-0.15, -0.1) is 0 Å². The van der Waals surface area contributed by atoms with E-state index in [9.17, 15) is 18.0 Å². The molecule has 0 fully saturated rings. The number of hydrogen-bond donors (Lipinski definition) is 1. The van der Waals surface area contributed by atoms with Crippen LogP contribution < -0.4 is 10.1 Å². The first-order chi connectivity index (χ1) is 15.2. The highest BCUT2D eigenvalue weighted by Gasteiger charge is 2.34. The molecule has 0 radical (unpaired) electrons. The van der Waals surface area contributed by atoms with Crippen LogP contribution >= 0.6 is 23.2 Å². The Balaban J connectivity index is 1.44. The van der Waals surface area contributed by atoms with Gasteiger partial charge in [-0.05, 0) is 12.1 Å². The monoisotopic (exact) mass is 482 g/mol. The molecule has 0 saturated carbocycles. The third-order valence-corrected chi connectivity index (χ3v) is 4.78. The lowest BCUT2D eigenvalue weighted by Gasteiger charge is -2.14. The number of fused-ring (bicyclic) bond motifs is 1. The standard InChI is InChI=1S/C19H11Cl2F3N6O2/c20-12-7-26-14(5-11(12)19(22,23)24)29-18(31)17(21)32-16-2-1-10(6-28-16)13-8-27-15-9-25-3-4-30(13)15/h1-9,17H,(H,26,29,31). The van der Waals surface area contributed by atoms with E-state index in [0.717, 1.165) is 17.5 Å². The minimum absolute atomic E-state index is 0.0273. The fourth-order valence-corrected chi connectivity index (χ4v) is 3.08. The quantitative estimate of drug-likeness (QED) is 0.422. The predicted molar refractivity (Wildman–Crippen MR) is 109 cm³/mol. The Morgan fingerprint density at radius 2 is 1.94 bits per heavy atom. The zero-order valence-electron chi connectivity index (χ0n) is 15.7. The largest absolute Gasteiger partial charge is 0.448 e. The van der Waals surface area contributed by atoms with Gasteiger partial charge in [0.05, 0.1) is 28.7 Å². The Kier molecular flexibility index (Phi) is 5.85. The van der Waals surface area contributed by atoms with Gasteiger partial charge < -0.3 is 10.1 Å². The van der Waals surface area contributed by atoms with Crippen LogP contribution in [0.3, 0.4) is 0 Å². The molecule has 0 aliphatic rings. The first-order valence-electron chi connectivity index (χ1n) is 8.80. The minimum Gasteiger partial charge on any atom is -0.448 e. The third-order valence-electron chi connectivity index (χ3n) is 4.19. The van der Waals surface area contributed by atoms with Crippen molar-refractivity contribution in [1.82, 2.24) is 24.3 Å². The van der Waals surface area contributed by atoms with E-state index in [4.69, 9.17) is 27.9 Å². The molecule has 0 saturated heterocycles. The maximum Gasteiger partial charge on any atom is 0.418 e. The summed E-state index contributed by atoms with van der Waals surface area (Å²) in [7, 11) is 0. The molecule has 4 aromatic rings. The van der Waals surface area contributed by atoms with Crippen molar-refractivity contribution >= 4 is 40.6 Å². The molecule has 0 aliphatic heterocycles. The van der Waals surface area contributed by atoms with Crippen LogP contribution in [0.1, 0.15) is 5.56 Å². The lowest BCUT2D eigenvalue weighted by molar-refractivity contribution is -0.137. The number of carbonyl (C=O) groups is 1. The van der Waals surface area contributed by atoms with Crippen LogP contribution in [0.2, 0.25) is 5.02 Å². The molecule has 1 N–H and O–H groups in total. The van der Waals surface area contributed by atoms with Gasteiger partial charge in [0.25, 0.3) is 11.5 Å². The number of carbonyl (C=O) groups excluding carboxylic acids is 1. The molecule has 32 heavy (non-hydrogen) atoms.